The average molecular weight is 330 g/mol. The Morgan fingerprint density at radius 1 is 1.21 bits per heavy atom. The van der Waals surface area contributed by atoms with E-state index in [2.05, 4.69) is 19.1 Å². The molecule has 4 rings (SSSR count). The third-order valence-electron chi connectivity index (χ3n) is 7.70. The van der Waals surface area contributed by atoms with Crippen molar-refractivity contribution in [2.75, 3.05) is 6.61 Å². The summed E-state index contributed by atoms with van der Waals surface area (Å²) in [6.45, 7) is 4.43. The van der Waals surface area contributed by atoms with Crippen molar-refractivity contribution < 1.29 is 15.3 Å². The summed E-state index contributed by atoms with van der Waals surface area (Å²) in [6.07, 6.45) is 11.6. The van der Waals surface area contributed by atoms with E-state index in [1.54, 1.807) is 0 Å². The van der Waals surface area contributed by atoms with E-state index in [-0.39, 0.29) is 29.6 Å². The Balaban J connectivity index is 1.83. The zero-order chi connectivity index (χ0) is 17.1. The fraction of sp³-hybridized carbons (Fsp3) is 0.714. The molecule has 1 saturated carbocycles. The molecular weight excluding hydrogens is 300 g/mol. The Morgan fingerprint density at radius 2 is 2.00 bits per heavy atom. The molecule has 3 heteroatoms. The Morgan fingerprint density at radius 3 is 2.71 bits per heavy atom. The molecule has 0 aromatic rings. The van der Waals surface area contributed by atoms with Crippen molar-refractivity contribution in [1.82, 2.24) is 0 Å². The second kappa shape index (κ2) is 5.55. The number of rotatable bonds is 2. The van der Waals surface area contributed by atoms with Gasteiger partial charge in [-0.2, -0.15) is 0 Å². The number of hydrogen-bond donors (Lipinski definition) is 3. The highest BCUT2D eigenvalue weighted by atomic mass is 16.3. The molecule has 6 atom stereocenters. The maximum atomic E-state index is 10.3. The quantitative estimate of drug-likeness (QED) is 0.729. The first-order valence-corrected chi connectivity index (χ1v) is 9.53. The molecule has 4 aliphatic carbocycles. The third-order valence-corrected chi connectivity index (χ3v) is 7.70. The molecule has 0 bridgehead atoms. The van der Waals surface area contributed by atoms with Gasteiger partial charge in [0.1, 0.15) is 0 Å². The predicted molar refractivity (Wildman–Crippen MR) is 94.2 cm³/mol. The van der Waals surface area contributed by atoms with Gasteiger partial charge in [-0.15, -0.1) is 0 Å². The lowest BCUT2D eigenvalue weighted by molar-refractivity contribution is 0.0344. The Labute approximate surface area is 144 Å². The standard InChI is InChI=1S/C21H30O3/c1-13(23)17-5-6-18-16-4-3-14-11-15(24)7-10-21(14,12-22)19(16)8-9-20(17,18)2/h3-4,11,13,15,17,19,22-24H,5-10,12H2,1-2H3/t13?,15?,17-,19+,20-,21-/m1/s1. The van der Waals surface area contributed by atoms with E-state index < -0.39 is 0 Å². The van der Waals surface area contributed by atoms with Crippen LogP contribution in [0.2, 0.25) is 0 Å². The summed E-state index contributed by atoms with van der Waals surface area (Å²) in [5.74, 6) is 0.714. The van der Waals surface area contributed by atoms with Crippen molar-refractivity contribution >= 4 is 0 Å². The first-order valence-electron chi connectivity index (χ1n) is 9.53. The minimum Gasteiger partial charge on any atom is -0.395 e. The summed E-state index contributed by atoms with van der Waals surface area (Å²) in [4.78, 5) is 0. The van der Waals surface area contributed by atoms with Gasteiger partial charge in [-0.05, 0) is 73.8 Å². The molecule has 132 valence electrons. The van der Waals surface area contributed by atoms with E-state index in [0.29, 0.717) is 11.8 Å². The van der Waals surface area contributed by atoms with Crippen molar-refractivity contribution in [3.63, 3.8) is 0 Å². The van der Waals surface area contributed by atoms with Crippen LogP contribution in [0.3, 0.4) is 0 Å². The van der Waals surface area contributed by atoms with Gasteiger partial charge < -0.3 is 15.3 Å². The number of aliphatic hydroxyl groups is 3. The lowest BCUT2D eigenvalue weighted by Gasteiger charge is -2.52. The first kappa shape index (κ1) is 16.6. The number of hydrogen-bond acceptors (Lipinski definition) is 3. The minimum absolute atomic E-state index is 0.108. The van der Waals surface area contributed by atoms with Crippen molar-refractivity contribution in [2.45, 2.75) is 64.6 Å². The van der Waals surface area contributed by atoms with Gasteiger partial charge in [0.2, 0.25) is 0 Å². The second-order valence-electron chi connectivity index (χ2n) is 8.70. The van der Waals surface area contributed by atoms with Gasteiger partial charge >= 0.3 is 0 Å². The van der Waals surface area contributed by atoms with Gasteiger partial charge in [0, 0.05) is 5.41 Å². The van der Waals surface area contributed by atoms with Crippen LogP contribution >= 0.6 is 0 Å². The molecule has 0 saturated heterocycles. The molecular formula is C21H30O3. The lowest BCUT2D eigenvalue weighted by Crippen LogP contribution is -2.46. The van der Waals surface area contributed by atoms with Crippen LogP contribution in [-0.4, -0.2) is 34.1 Å². The van der Waals surface area contributed by atoms with Crippen molar-refractivity contribution in [3.05, 3.63) is 34.9 Å². The third kappa shape index (κ3) is 2.07. The SMILES string of the molecule is CC(O)[C@H]1CCC2=C3C=CC4=CC(O)CC[C@]4(CO)[C@H]3CC[C@@]21C. The topological polar surface area (TPSA) is 60.7 Å². The summed E-state index contributed by atoms with van der Waals surface area (Å²) >= 11 is 0. The van der Waals surface area contributed by atoms with E-state index in [0.717, 1.165) is 44.1 Å². The van der Waals surface area contributed by atoms with Crippen LogP contribution in [0.15, 0.2) is 34.9 Å². The highest BCUT2D eigenvalue weighted by Gasteiger charge is 2.54. The van der Waals surface area contributed by atoms with Gasteiger partial charge in [0.05, 0.1) is 18.8 Å². The van der Waals surface area contributed by atoms with E-state index in [1.807, 2.05) is 13.0 Å². The highest BCUT2D eigenvalue weighted by molar-refractivity contribution is 5.49. The van der Waals surface area contributed by atoms with E-state index in [9.17, 15) is 15.3 Å². The molecule has 24 heavy (non-hydrogen) atoms. The molecule has 2 unspecified atom stereocenters. The fourth-order valence-corrected chi connectivity index (χ4v) is 6.38. The monoisotopic (exact) mass is 330 g/mol. The molecule has 3 nitrogen and oxygen atoms in total. The van der Waals surface area contributed by atoms with E-state index in [4.69, 9.17) is 0 Å². The zero-order valence-corrected chi connectivity index (χ0v) is 14.8. The Kier molecular flexibility index (Phi) is 3.83. The normalized spacial score (nSPS) is 45.4. The maximum absolute atomic E-state index is 10.3. The van der Waals surface area contributed by atoms with Crippen LogP contribution < -0.4 is 0 Å². The van der Waals surface area contributed by atoms with E-state index >= 15 is 0 Å². The summed E-state index contributed by atoms with van der Waals surface area (Å²) in [5, 5.41) is 30.6. The molecule has 0 aromatic carbocycles. The molecule has 1 fully saturated rings. The molecule has 0 amide bonds. The summed E-state index contributed by atoms with van der Waals surface area (Å²) < 4.78 is 0. The average Bonchev–Trinajstić information content (AvgIpc) is 2.91. The first-order chi connectivity index (χ1) is 11.4. The highest BCUT2D eigenvalue weighted by Crippen LogP contribution is 2.62. The lowest BCUT2D eigenvalue weighted by atomic mass is 9.53. The van der Waals surface area contributed by atoms with E-state index in [1.165, 1.54) is 11.1 Å². The van der Waals surface area contributed by atoms with Gasteiger partial charge in [-0.25, -0.2) is 0 Å². The number of aliphatic hydroxyl groups excluding tert-OH is 3. The minimum atomic E-state index is -0.376. The second-order valence-corrected chi connectivity index (χ2v) is 8.70. The Hall–Kier alpha value is -0.900. The van der Waals surface area contributed by atoms with Gasteiger partial charge in [0.25, 0.3) is 0 Å². The molecule has 4 aliphatic rings. The zero-order valence-electron chi connectivity index (χ0n) is 14.8. The van der Waals surface area contributed by atoms with Crippen LogP contribution in [0.25, 0.3) is 0 Å². The number of fused-ring (bicyclic) bond motifs is 4. The Bertz CT molecular complexity index is 629. The maximum Gasteiger partial charge on any atom is 0.0727 e. The van der Waals surface area contributed by atoms with Crippen LogP contribution in [0.1, 0.15) is 52.4 Å². The van der Waals surface area contributed by atoms with Crippen LogP contribution in [0.5, 0.6) is 0 Å². The fourth-order valence-electron chi connectivity index (χ4n) is 6.38. The summed E-state index contributed by atoms with van der Waals surface area (Å²) in [6, 6.07) is 0. The van der Waals surface area contributed by atoms with Crippen molar-refractivity contribution in [2.24, 2.45) is 22.7 Å². The van der Waals surface area contributed by atoms with Crippen molar-refractivity contribution in [1.29, 1.82) is 0 Å². The van der Waals surface area contributed by atoms with Crippen LogP contribution in [0, 0.1) is 22.7 Å². The van der Waals surface area contributed by atoms with Gasteiger partial charge in [-0.1, -0.05) is 30.7 Å². The van der Waals surface area contributed by atoms with Gasteiger partial charge in [0.15, 0.2) is 0 Å². The molecule has 0 radical (unpaired) electrons. The molecule has 0 spiro atoms. The van der Waals surface area contributed by atoms with Crippen molar-refractivity contribution in [3.8, 4) is 0 Å². The molecule has 0 heterocycles. The smallest absolute Gasteiger partial charge is 0.0727 e. The summed E-state index contributed by atoms with van der Waals surface area (Å²) in [5.41, 5.74) is 3.98. The largest absolute Gasteiger partial charge is 0.395 e. The summed E-state index contributed by atoms with van der Waals surface area (Å²) in [7, 11) is 0. The van der Waals surface area contributed by atoms with Gasteiger partial charge in [-0.3, -0.25) is 0 Å². The van der Waals surface area contributed by atoms with Crippen LogP contribution in [0.4, 0.5) is 0 Å². The molecule has 0 aromatic heterocycles. The van der Waals surface area contributed by atoms with Crippen LogP contribution in [-0.2, 0) is 0 Å². The number of allylic oxidation sites excluding steroid dienone is 4. The molecule has 0 aliphatic heterocycles. The molecule has 3 N–H and O–H groups in total. The predicted octanol–water partition coefficient (Wildman–Crippen LogP) is 3.12.